The van der Waals surface area contributed by atoms with E-state index < -0.39 is 0 Å². The quantitative estimate of drug-likeness (QED) is 0.283. The van der Waals surface area contributed by atoms with Crippen LogP contribution in [0.5, 0.6) is 5.75 Å². The number of hydrogen-bond acceptors (Lipinski definition) is 4. The van der Waals surface area contributed by atoms with E-state index in [0.717, 1.165) is 55.6 Å². The van der Waals surface area contributed by atoms with Crippen LogP contribution < -0.4 is 4.74 Å². The minimum absolute atomic E-state index is 0.572. The second kappa shape index (κ2) is 7.56. The Morgan fingerprint density at radius 1 is 0.543 bits per heavy atom. The average molecular weight is 456 g/mol. The Balaban J connectivity index is 1.52. The summed E-state index contributed by atoms with van der Waals surface area (Å²) in [6.07, 6.45) is 0. The van der Waals surface area contributed by atoms with Gasteiger partial charge in [0.05, 0.1) is 44.2 Å². The third kappa shape index (κ3) is 3.17. The molecule has 0 atom stereocenters. The van der Waals surface area contributed by atoms with Crippen LogP contribution in [0.2, 0.25) is 0 Å². The first-order chi connectivity index (χ1) is 17.3. The summed E-state index contributed by atoms with van der Waals surface area (Å²) in [6.45, 7) is 0. The molecular weight excluding hydrogens is 436 g/mol. The molecule has 0 unspecified atom stereocenters. The zero-order chi connectivity index (χ0) is 23.4. The number of aromatic nitrogens is 6. The van der Waals surface area contributed by atoms with Crippen LogP contribution >= 0.6 is 0 Å². The molecule has 3 N–H and O–H groups in total. The number of fused-ring (bicyclic) bond motifs is 3. The molecule has 0 fully saturated rings. The van der Waals surface area contributed by atoms with E-state index >= 15 is 0 Å². The maximum Gasteiger partial charge on any atom is 0.142 e. The molecule has 167 valence electrons. The number of aromatic amines is 3. The van der Waals surface area contributed by atoms with Crippen molar-refractivity contribution in [1.29, 1.82) is 0 Å². The van der Waals surface area contributed by atoms with E-state index in [2.05, 4.69) is 22.1 Å². The van der Waals surface area contributed by atoms with Gasteiger partial charge in [-0.1, -0.05) is 36.4 Å². The largest absolute Gasteiger partial charge is 0.488 e. The highest BCUT2D eigenvalue weighted by atomic mass is 16.5. The summed E-state index contributed by atoms with van der Waals surface area (Å²) >= 11 is 0. The maximum atomic E-state index is 5.73. The second-order valence-electron chi connectivity index (χ2n) is 8.35. The standard InChI is InChI=1S/C28H19N6O/c1-35-25-17(27-31-21-10-4-5-11-22(21)32-27)14-16(26-29-19-8-2-3-9-20(19)30-26)15-18(25)28-33-23-12-6-7-13-24(23)34-28/h2-15H,1H2,(H,29,30)(H,31,32)(H,33,34). The highest BCUT2D eigenvalue weighted by Gasteiger charge is 2.21. The predicted octanol–water partition coefficient (Wildman–Crippen LogP) is 6.49. The molecular formula is C28H19N6O. The summed E-state index contributed by atoms with van der Waals surface area (Å²) in [5, 5.41) is 0. The van der Waals surface area contributed by atoms with Crippen molar-refractivity contribution in [3.8, 4) is 39.9 Å². The Morgan fingerprint density at radius 2 is 0.943 bits per heavy atom. The topological polar surface area (TPSA) is 95.3 Å². The summed E-state index contributed by atoms with van der Waals surface area (Å²) < 4.78 is 5.73. The van der Waals surface area contributed by atoms with E-state index in [1.807, 2.05) is 84.9 Å². The van der Waals surface area contributed by atoms with Crippen molar-refractivity contribution >= 4 is 33.1 Å². The highest BCUT2D eigenvalue weighted by molar-refractivity contribution is 5.90. The highest BCUT2D eigenvalue weighted by Crippen LogP contribution is 2.41. The minimum Gasteiger partial charge on any atom is -0.488 e. The molecule has 0 aliphatic heterocycles. The normalized spacial score (nSPS) is 11.6. The maximum absolute atomic E-state index is 5.73. The molecule has 0 aliphatic rings. The van der Waals surface area contributed by atoms with Gasteiger partial charge in [-0.25, -0.2) is 15.0 Å². The van der Waals surface area contributed by atoms with Crippen LogP contribution in [0.3, 0.4) is 0 Å². The molecule has 0 saturated heterocycles. The summed E-state index contributed by atoms with van der Waals surface area (Å²) in [5.41, 5.74) is 7.91. The van der Waals surface area contributed by atoms with E-state index in [9.17, 15) is 0 Å². The van der Waals surface area contributed by atoms with Gasteiger partial charge in [0.1, 0.15) is 30.3 Å². The number of imidazole rings is 3. The van der Waals surface area contributed by atoms with Crippen LogP contribution in [0, 0.1) is 7.11 Å². The molecule has 3 heterocycles. The van der Waals surface area contributed by atoms with Crippen molar-refractivity contribution in [2.45, 2.75) is 0 Å². The monoisotopic (exact) mass is 455 g/mol. The lowest BCUT2D eigenvalue weighted by Gasteiger charge is -2.13. The SMILES string of the molecule is [CH2]Oc1c(-c2nc3ccccc3[nH]2)cc(-c2nc3ccccc3[nH]2)cc1-c1nc2ccccc2[nH]1. The fraction of sp³-hybridized carbons (Fsp3) is 0. The van der Waals surface area contributed by atoms with Crippen LogP contribution in [0.1, 0.15) is 0 Å². The number of benzene rings is 4. The smallest absolute Gasteiger partial charge is 0.142 e. The Kier molecular flexibility index (Phi) is 4.22. The molecule has 7 heteroatoms. The van der Waals surface area contributed by atoms with Crippen LogP contribution in [-0.4, -0.2) is 29.9 Å². The number of nitrogens with one attached hydrogen (secondary N) is 3. The predicted molar refractivity (Wildman–Crippen MR) is 138 cm³/mol. The van der Waals surface area contributed by atoms with Crippen molar-refractivity contribution in [2.24, 2.45) is 0 Å². The number of nitrogens with zero attached hydrogens (tertiary/aromatic N) is 3. The number of H-pyrrole nitrogens is 3. The van der Waals surface area contributed by atoms with Gasteiger partial charge in [0.2, 0.25) is 0 Å². The zero-order valence-electron chi connectivity index (χ0n) is 18.5. The van der Waals surface area contributed by atoms with Crippen molar-refractivity contribution in [2.75, 3.05) is 0 Å². The summed E-state index contributed by atoms with van der Waals surface area (Å²) in [6, 6.07) is 27.9. The Bertz CT molecular complexity index is 1660. The number of hydrogen-bond donors (Lipinski definition) is 3. The summed E-state index contributed by atoms with van der Waals surface area (Å²) in [5.74, 6) is 2.68. The Labute approximate surface area is 199 Å². The first-order valence-corrected chi connectivity index (χ1v) is 11.2. The van der Waals surface area contributed by atoms with E-state index in [1.54, 1.807) is 0 Å². The van der Waals surface area contributed by atoms with Crippen molar-refractivity contribution in [1.82, 2.24) is 29.9 Å². The van der Waals surface area contributed by atoms with Crippen LogP contribution in [0.4, 0.5) is 0 Å². The molecule has 1 radical (unpaired) electrons. The molecule has 7 nitrogen and oxygen atoms in total. The number of rotatable bonds is 4. The molecule has 4 aromatic carbocycles. The summed E-state index contributed by atoms with van der Waals surface area (Å²) in [7, 11) is 3.77. The van der Waals surface area contributed by atoms with Gasteiger partial charge in [-0.05, 0) is 48.5 Å². The van der Waals surface area contributed by atoms with Gasteiger partial charge >= 0.3 is 0 Å². The second-order valence-corrected chi connectivity index (χ2v) is 8.35. The molecule has 0 amide bonds. The van der Waals surface area contributed by atoms with Crippen molar-refractivity contribution in [3.63, 3.8) is 0 Å². The van der Waals surface area contributed by atoms with Crippen molar-refractivity contribution in [3.05, 3.63) is 92.0 Å². The number of para-hydroxylation sites is 6. The van der Waals surface area contributed by atoms with Gasteiger partial charge in [0.25, 0.3) is 0 Å². The van der Waals surface area contributed by atoms with E-state index in [1.165, 1.54) is 0 Å². The van der Waals surface area contributed by atoms with Gasteiger partial charge in [-0.2, -0.15) is 0 Å². The minimum atomic E-state index is 0.572. The summed E-state index contributed by atoms with van der Waals surface area (Å²) in [4.78, 5) is 24.7. The first kappa shape index (κ1) is 19.5. The molecule has 7 aromatic rings. The fourth-order valence-corrected chi connectivity index (χ4v) is 4.52. The van der Waals surface area contributed by atoms with E-state index in [4.69, 9.17) is 19.7 Å². The van der Waals surface area contributed by atoms with Gasteiger partial charge in [0.15, 0.2) is 0 Å². The molecule has 35 heavy (non-hydrogen) atoms. The molecule has 0 saturated carbocycles. The lowest BCUT2D eigenvalue weighted by molar-refractivity contribution is 0.476. The zero-order valence-corrected chi connectivity index (χ0v) is 18.5. The first-order valence-electron chi connectivity index (χ1n) is 11.2. The fourth-order valence-electron chi connectivity index (χ4n) is 4.52. The third-order valence-corrected chi connectivity index (χ3v) is 6.19. The van der Waals surface area contributed by atoms with Crippen LogP contribution in [0.15, 0.2) is 84.9 Å². The van der Waals surface area contributed by atoms with Gasteiger partial charge < -0.3 is 19.7 Å². The van der Waals surface area contributed by atoms with E-state index in [-0.39, 0.29) is 0 Å². The Hall–Kier alpha value is -4.91. The molecule has 3 aromatic heterocycles. The van der Waals surface area contributed by atoms with Crippen molar-refractivity contribution < 1.29 is 4.74 Å². The van der Waals surface area contributed by atoms with Gasteiger partial charge in [-0.15, -0.1) is 0 Å². The molecule has 0 bridgehead atoms. The Morgan fingerprint density at radius 3 is 1.37 bits per heavy atom. The van der Waals surface area contributed by atoms with Gasteiger partial charge in [0, 0.05) is 5.56 Å². The average Bonchev–Trinajstić information content (AvgIpc) is 3.63. The number of ether oxygens (including phenoxy) is 1. The third-order valence-electron chi connectivity index (χ3n) is 6.19. The lowest BCUT2D eigenvalue weighted by atomic mass is 10.0. The molecule has 7 rings (SSSR count). The van der Waals surface area contributed by atoms with Gasteiger partial charge in [-0.3, -0.25) is 0 Å². The molecule has 0 spiro atoms. The van der Waals surface area contributed by atoms with Crippen LogP contribution in [-0.2, 0) is 0 Å². The molecule has 0 aliphatic carbocycles. The van der Waals surface area contributed by atoms with E-state index in [0.29, 0.717) is 17.4 Å². The lowest BCUT2D eigenvalue weighted by Crippen LogP contribution is -1.95. The van der Waals surface area contributed by atoms with Crippen LogP contribution in [0.25, 0.3) is 67.3 Å².